The second-order valence-electron chi connectivity index (χ2n) is 5.92. The van der Waals surface area contributed by atoms with Crippen LogP contribution in [0.4, 0.5) is 0 Å². The monoisotopic (exact) mass is 323 g/mol. The summed E-state index contributed by atoms with van der Waals surface area (Å²) < 4.78 is 7.80. The van der Waals surface area contributed by atoms with E-state index in [0.29, 0.717) is 17.5 Å². The van der Waals surface area contributed by atoms with E-state index in [4.69, 9.17) is 4.74 Å². The van der Waals surface area contributed by atoms with Crippen molar-refractivity contribution in [3.05, 3.63) is 34.8 Å². The van der Waals surface area contributed by atoms with Crippen LogP contribution in [0.3, 0.4) is 0 Å². The number of nitrogens with zero attached hydrogens (tertiary/aromatic N) is 3. The van der Waals surface area contributed by atoms with Gasteiger partial charge in [-0.1, -0.05) is 12.8 Å². The number of hydrogen-bond donors (Lipinski definition) is 0. The number of nitriles is 1. The molecular formula is C18H17N3OS. The molecule has 3 heterocycles. The third-order valence-corrected chi connectivity index (χ3v) is 5.36. The number of rotatable bonds is 3. The molecule has 1 aliphatic carbocycles. The van der Waals surface area contributed by atoms with Crippen LogP contribution in [-0.2, 0) is 0 Å². The Labute approximate surface area is 139 Å². The van der Waals surface area contributed by atoms with Gasteiger partial charge in [-0.05, 0) is 35.2 Å². The first-order chi connectivity index (χ1) is 11.3. The Kier molecular flexibility index (Phi) is 3.55. The summed E-state index contributed by atoms with van der Waals surface area (Å²) in [6.07, 6.45) is 8.66. The predicted octanol–water partition coefficient (Wildman–Crippen LogP) is 4.76. The van der Waals surface area contributed by atoms with E-state index in [1.165, 1.54) is 25.7 Å². The Morgan fingerprint density at radius 2 is 2.22 bits per heavy atom. The quantitative estimate of drug-likeness (QED) is 0.698. The maximum atomic E-state index is 9.56. The SMILES string of the molecule is COc1ncc(C#N)c2c1c(-c1ccsc1)cn2C1CCCC1. The Balaban J connectivity index is 2.08. The highest BCUT2D eigenvalue weighted by molar-refractivity contribution is 7.08. The standard InChI is InChI=1S/C18H17N3OS/c1-22-18-16-15(12-6-7-23-11-12)10-21(14-4-2-3-5-14)17(16)13(8-19)9-20-18/h6-7,9-11,14H,2-5H2,1H3. The van der Waals surface area contributed by atoms with Crippen molar-refractivity contribution in [1.82, 2.24) is 9.55 Å². The van der Waals surface area contributed by atoms with E-state index < -0.39 is 0 Å². The molecule has 0 aliphatic heterocycles. The summed E-state index contributed by atoms with van der Waals surface area (Å²) in [6, 6.07) is 4.88. The first-order valence-electron chi connectivity index (χ1n) is 7.83. The lowest BCUT2D eigenvalue weighted by atomic mass is 10.1. The second kappa shape index (κ2) is 5.71. The van der Waals surface area contributed by atoms with Crippen LogP contribution < -0.4 is 4.74 Å². The highest BCUT2D eigenvalue weighted by Crippen LogP contribution is 2.42. The molecule has 0 aromatic carbocycles. The minimum Gasteiger partial charge on any atom is -0.480 e. The molecule has 3 aromatic heterocycles. The molecule has 0 N–H and O–H groups in total. The van der Waals surface area contributed by atoms with E-state index >= 15 is 0 Å². The third-order valence-electron chi connectivity index (χ3n) is 4.68. The molecule has 0 saturated heterocycles. The van der Waals surface area contributed by atoms with Gasteiger partial charge >= 0.3 is 0 Å². The van der Waals surface area contributed by atoms with Crippen molar-refractivity contribution >= 4 is 22.2 Å². The molecule has 23 heavy (non-hydrogen) atoms. The van der Waals surface area contributed by atoms with Gasteiger partial charge < -0.3 is 9.30 Å². The van der Waals surface area contributed by atoms with E-state index in [-0.39, 0.29) is 0 Å². The van der Waals surface area contributed by atoms with Crippen molar-refractivity contribution in [3.63, 3.8) is 0 Å². The largest absolute Gasteiger partial charge is 0.480 e. The number of aromatic nitrogens is 2. The molecule has 4 rings (SSSR count). The number of pyridine rings is 1. The minimum absolute atomic E-state index is 0.462. The molecule has 0 atom stereocenters. The molecule has 0 amide bonds. The number of methoxy groups -OCH3 is 1. The van der Waals surface area contributed by atoms with Crippen LogP contribution in [0.2, 0.25) is 0 Å². The van der Waals surface area contributed by atoms with Gasteiger partial charge in [-0.2, -0.15) is 16.6 Å². The smallest absolute Gasteiger partial charge is 0.223 e. The van der Waals surface area contributed by atoms with Crippen molar-refractivity contribution in [1.29, 1.82) is 5.26 Å². The summed E-state index contributed by atoms with van der Waals surface area (Å²) in [5.74, 6) is 0.594. The van der Waals surface area contributed by atoms with Gasteiger partial charge in [0, 0.05) is 17.8 Å². The van der Waals surface area contributed by atoms with Gasteiger partial charge in [0.05, 0.1) is 29.8 Å². The number of fused-ring (bicyclic) bond motifs is 1. The number of hydrogen-bond acceptors (Lipinski definition) is 4. The fourth-order valence-corrected chi connectivity index (χ4v) is 4.26. The molecule has 4 nitrogen and oxygen atoms in total. The van der Waals surface area contributed by atoms with Crippen LogP contribution >= 0.6 is 11.3 Å². The van der Waals surface area contributed by atoms with Crippen LogP contribution in [-0.4, -0.2) is 16.7 Å². The summed E-state index contributed by atoms with van der Waals surface area (Å²) >= 11 is 1.67. The fourth-order valence-electron chi connectivity index (χ4n) is 3.61. The maximum Gasteiger partial charge on any atom is 0.223 e. The fraction of sp³-hybridized carbons (Fsp3) is 0.333. The molecule has 0 unspecified atom stereocenters. The zero-order valence-electron chi connectivity index (χ0n) is 13.0. The van der Waals surface area contributed by atoms with E-state index in [9.17, 15) is 5.26 Å². The molecule has 0 radical (unpaired) electrons. The maximum absolute atomic E-state index is 9.56. The normalized spacial score (nSPS) is 15.1. The van der Waals surface area contributed by atoms with E-state index in [0.717, 1.165) is 22.0 Å². The lowest BCUT2D eigenvalue weighted by Gasteiger charge is -2.14. The van der Waals surface area contributed by atoms with Gasteiger partial charge in [-0.25, -0.2) is 4.98 Å². The zero-order chi connectivity index (χ0) is 15.8. The highest BCUT2D eigenvalue weighted by atomic mass is 32.1. The van der Waals surface area contributed by atoms with Crippen molar-refractivity contribution in [3.8, 4) is 23.1 Å². The molecule has 0 bridgehead atoms. The molecule has 5 heteroatoms. The van der Waals surface area contributed by atoms with Gasteiger partial charge in [0.15, 0.2) is 0 Å². The summed E-state index contributed by atoms with van der Waals surface area (Å²) in [7, 11) is 1.64. The minimum atomic E-state index is 0.462. The average Bonchev–Trinajstić information content (AvgIpc) is 3.31. The second-order valence-corrected chi connectivity index (χ2v) is 6.70. The van der Waals surface area contributed by atoms with Crippen LogP contribution in [0.5, 0.6) is 5.88 Å². The topological polar surface area (TPSA) is 50.8 Å². The predicted molar refractivity (Wildman–Crippen MR) is 91.8 cm³/mol. The summed E-state index contributed by atoms with van der Waals surface area (Å²) in [6.45, 7) is 0. The van der Waals surface area contributed by atoms with Crippen LogP contribution in [0.15, 0.2) is 29.2 Å². The molecule has 3 aromatic rings. The van der Waals surface area contributed by atoms with Crippen molar-refractivity contribution < 1.29 is 4.74 Å². The van der Waals surface area contributed by atoms with Gasteiger partial charge in [-0.15, -0.1) is 0 Å². The van der Waals surface area contributed by atoms with Gasteiger partial charge in [0.2, 0.25) is 5.88 Å². The number of thiophene rings is 1. The van der Waals surface area contributed by atoms with Crippen LogP contribution in [0.25, 0.3) is 22.0 Å². The molecule has 1 aliphatic rings. The Morgan fingerprint density at radius 3 is 2.87 bits per heavy atom. The van der Waals surface area contributed by atoms with Gasteiger partial charge in [0.25, 0.3) is 0 Å². The van der Waals surface area contributed by atoms with Crippen LogP contribution in [0, 0.1) is 11.3 Å². The first kappa shape index (κ1) is 14.3. The molecule has 1 saturated carbocycles. The molecule has 1 fully saturated rings. The Bertz CT molecular complexity index is 883. The summed E-state index contributed by atoms with van der Waals surface area (Å²) in [5.41, 5.74) is 3.85. The molecule has 0 spiro atoms. The van der Waals surface area contributed by atoms with Gasteiger partial charge in [-0.3, -0.25) is 0 Å². The lowest BCUT2D eigenvalue weighted by molar-refractivity contribution is 0.403. The highest BCUT2D eigenvalue weighted by Gasteiger charge is 2.25. The van der Waals surface area contributed by atoms with E-state index in [1.807, 2.05) is 0 Å². The van der Waals surface area contributed by atoms with E-state index in [1.54, 1.807) is 24.6 Å². The lowest BCUT2D eigenvalue weighted by Crippen LogP contribution is -2.04. The van der Waals surface area contributed by atoms with Gasteiger partial charge in [0.1, 0.15) is 6.07 Å². The zero-order valence-corrected chi connectivity index (χ0v) is 13.8. The number of ether oxygens (including phenoxy) is 1. The van der Waals surface area contributed by atoms with Crippen molar-refractivity contribution in [2.45, 2.75) is 31.7 Å². The Morgan fingerprint density at radius 1 is 1.39 bits per heavy atom. The van der Waals surface area contributed by atoms with E-state index in [2.05, 4.69) is 38.6 Å². The summed E-state index contributed by atoms with van der Waals surface area (Å²) in [5, 5.41) is 14.7. The van der Waals surface area contributed by atoms with Crippen molar-refractivity contribution in [2.24, 2.45) is 0 Å². The van der Waals surface area contributed by atoms with Crippen molar-refractivity contribution in [2.75, 3.05) is 7.11 Å². The third kappa shape index (κ3) is 2.22. The average molecular weight is 323 g/mol. The molecule has 116 valence electrons. The first-order valence-corrected chi connectivity index (χ1v) is 8.78. The van der Waals surface area contributed by atoms with Crippen LogP contribution in [0.1, 0.15) is 37.3 Å². The Hall–Kier alpha value is -2.32. The molecular weight excluding hydrogens is 306 g/mol. The summed E-state index contributed by atoms with van der Waals surface area (Å²) in [4.78, 5) is 4.35.